The smallest absolute Gasteiger partial charge is 0.356 e. The van der Waals surface area contributed by atoms with Gasteiger partial charge in [-0.2, -0.15) is 8.42 Å². The van der Waals surface area contributed by atoms with Gasteiger partial charge in [-0.3, -0.25) is 13.9 Å². The second-order valence-electron chi connectivity index (χ2n) is 2.61. The molecule has 0 unspecified atom stereocenters. The summed E-state index contributed by atoms with van der Waals surface area (Å²) in [6, 6.07) is 0. The number of hydrogen-bond acceptors (Lipinski definition) is 5. The Balaban J connectivity index is -0.000000185. The first-order valence-corrected chi connectivity index (χ1v) is 5.26. The average molecular weight is 245 g/mol. The summed E-state index contributed by atoms with van der Waals surface area (Å²) in [7, 11) is -4.67. The van der Waals surface area contributed by atoms with Crippen molar-refractivity contribution in [2.24, 2.45) is 0 Å². The molecule has 0 radical (unpaired) electrons. The summed E-state index contributed by atoms with van der Waals surface area (Å²) in [5, 5.41) is 2.81. The highest BCUT2D eigenvalue weighted by Gasteiger charge is 2.03. The van der Waals surface area contributed by atoms with Crippen LogP contribution >= 0.6 is 0 Å². The molecule has 1 saturated heterocycles. The van der Waals surface area contributed by atoms with E-state index in [9.17, 15) is 4.79 Å². The van der Waals surface area contributed by atoms with Crippen LogP contribution in [0.5, 0.6) is 0 Å². The Bertz CT molecular complexity index is 235. The second-order valence-corrected chi connectivity index (χ2v) is 3.50. The summed E-state index contributed by atoms with van der Waals surface area (Å²) in [5.74, 6) is 0.225. The molecule has 0 spiro atoms. The molecule has 9 heteroatoms. The second kappa shape index (κ2) is 9.80. The fraction of sp³-hybridized carbons (Fsp3) is 0.833. The molecule has 0 aliphatic carbocycles. The quantitative estimate of drug-likeness (QED) is 0.382. The molecule has 94 valence electrons. The Morgan fingerprint density at radius 2 is 1.53 bits per heavy atom. The lowest BCUT2D eigenvalue weighted by Crippen LogP contribution is -2.21. The molecule has 0 atom stereocenters. The SMILES string of the molecule is N.N.O=C1CCCCCN1.O=S(=O)(O)O. The number of amides is 1. The summed E-state index contributed by atoms with van der Waals surface area (Å²) in [6.07, 6.45) is 4.18. The Hall–Kier alpha value is -0.740. The summed E-state index contributed by atoms with van der Waals surface area (Å²) in [5.41, 5.74) is 0. The molecule has 1 amide bonds. The predicted octanol–water partition coefficient (Wildman–Crippen LogP) is 0.348. The monoisotopic (exact) mass is 245 g/mol. The van der Waals surface area contributed by atoms with Crippen LogP contribution in [0.1, 0.15) is 25.7 Å². The number of carbonyl (C=O) groups excluding carboxylic acids is 1. The first-order chi connectivity index (χ1) is 5.89. The van der Waals surface area contributed by atoms with Crippen LogP contribution in [0, 0.1) is 0 Å². The van der Waals surface area contributed by atoms with Crippen molar-refractivity contribution in [1.29, 1.82) is 0 Å². The molecule has 8 nitrogen and oxygen atoms in total. The van der Waals surface area contributed by atoms with Crippen LogP contribution in [0.2, 0.25) is 0 Å². The average Bonchev–Trinajstić information content (AvgIpc) is 2.12. The largest absolute Gasteiger partial charge is 0.394 e. The highest BCUT2D eigenvalue weighted by Crippen LogP contribution is 2.02. The normalized spacial score (nSPS) is 15.5. The summed E-state index contributed by atoms with van der Waals surface area (Å²) in [6.45, 7) is 0.888. The first-order valence-electron chi connectivity index (χ1n) is 3.86. The van der Waals surface area contributed by atoms with Crippen molar-refractivity contribution >= 4 is 16.3 Å². The van der Waals surface area contributed by atoms with E-state index in [0.29, 0.717) is 0 Å². The third-order valence-electron chi connectivity index (χ3n) is 1.40. The lowest BCUT2D eigenvalue weighted by atomic mass is 10.2. The Morgan fingerprint density at radius 1 is 1.07 bits per heavy atom. The standard InChI is InChI=1S/C6H11NO.2H3N.H2O4S/c8-6-4-2-1-3-5-7-6;;;1-5(2,3)4/h1-5H2,(H,7,8);2*1H3;(H2,1,2,3,4). The van der Waals surface area contributed by atoms with E-state index in [0.717, 1.165) is 25.8 Å². The van der Waals surface area contributed by atoms with E-state index in [-0.39, 0.29) is 18.2 Å². The minimum atomic E-state index is -4.67. The molecule has 9 N–H and O–H groups in total. The van der Waals surface area contributed by atoms with E-state index in [4.69, 9.17) is 17.5 Å². The van der Waals surface area contributed by atoms with Gasteiger partial charge in [0.25, 0.3) is 0 Å². The van der Waals surface area contributed by atoms with Crippen molar-refractivity contribution in [1.82, 2.24) is 17.6 Å². The van der Waals surface area contributed by atoms with Gasteiger partial charge in [-0.1, -0.05) is 6.42 Å². The first kappa shape index (κ1) is 19.8. The van der Waals surface area contributed by atoms with Gasteiger partial charge in [0.15, 0.2) is 0 Å². The minimum Gasteiger partial charge on any atom is -0.356 e. The fourth-order valence-electron chi connectivity index (χ4n) is 0.904. The third-order valence-corrected chi connectivity index (χ3v) is 1.40. The lowest BCUT2D eigenvalue weighted by Gasteiger charge is -1.93. The molecule has 1 aliphatic heterocycles. The Labute approximate surface area is 89.2 Å². The zero-order chi connectivity index (χ0) is 10.3. The van der Waals surface area contributed by atoms with Gasteiger partial charge in [0.05, 0.1) is 0 Å². The zero-order valence-corrected chi connectivity index (χ0v) is 9.29. The van der Waals surface area contributed by atoms with Gasteiger partial charge in [0, 0.05) is 13.0 Å². The van der Waals surface area contributed by atoms with Crippen LogP contribution in [0.3, 0.4) is 0 Å². The highest BCUT2D eigenvalue weighted by molar-refractivity contribution is 7.79. The van der Waals surface area contributed by atoms with Gasteiger partial charge in [0.2, 0.25) is 5.91 Å². The van der Waals surface area contributed by atoms with Gasteiger partial charge >= 0.3 is 10.4 Å². The van der Waals surface area contributed by atoms with Crippen LogP contribution < -0.4 is 17.6 Å². The topological polar surface area (TPSA) is 174 Å². The van der Waals surface area contributed by atoms with E-state index in [1.807, 2.05) is 0 Å². The predicted molar refractivity (Wildman–Crippen MR) is 55.7 cm³/mol. The van der Waals surface area contributed by atoms with Gasteiger partial charge in [0.1, 0.15) is 0 Å². The number of carbonyl (C=O) groups is 1. The number of hydrogen-bond donors (Lipinski definition) is 5. The Kier molecular flexibility index (Phi) is 12.9. The molecule has 0 bridgehead atoms. The van der Waals surface area contributed by atoms with Crippen LogP contribution in [-0.2, 0) is 15.2 Å². The van der Waals surface area contributed by atoms with Crippen LogP contribution in [-0.4, -0.2) is 30.0 Å². The van der Waals surface area contributed by atoms with Gasteiger partial charge < -0.3 is 17.6 Å². The van der Waals surface area contributed by atoms with Gasteiger partial charge in [-0.15, -0.1) is 0 Å². The molecule has 0 saturated carbocycles. The van der Waals surface area contributed by atoms with Crippen LogP contribution in [0.15, 0.2) is 0 Å². The van der Waals surface area contributed by atoms with Crippen LogP contribution in [0.4, 0.5) is 0 Å². The van der Waals surface area contributed by atoms with Crippen molar-refractivity contribution in [2.75, 3.05) is 6.54 Å². The molecular weight excluding hydrogens is 226 g/mol. The van der Waals surface area contributed by atoms with E-state index >= 15 is 0 Å². The van der Waals surface area contributed by atoms with Gasteiger partial charge in [-0.25, -0.2) is 0 Å². The molecule has 0 aromatic heterocycles. The number of rotatable bonds is 0. The van der Waals surface area contributed by atoms with Crippen molar-refractivity contribution in [3.05, 3.63) is 0 Å². The fourth-order valence-corrected chi connectivity index (χ4v) is 0.904. The van der Waals surface area contributed by atoms with Gasteiger partial charge in [-0.05, 0) is 12.8 Å². The molecule has 0 aromatic rings. The number of nitrogens with one attached hydrogen (secondary N) is 1. The third kappa shape index (κ3) is 24.6. The van der Waals surface area contributed by atoms with E-state index < -0.39 is 10.4 Å². The minimum absolute atomic E-state index is 0. The van der Waals surface area contributed by atoms with E-state index in [1.54, 1.807) is 0 Å². The van der Waals surface area contributed by atoms with Crippen molar-refractivity contribution in [2.45, 2.75) is 25.7 Å². The molecular formula is C6H19N3O5S. The Morgan fingerprint density at radius 3 is 2.00 bits per heavy atom. The molecule has 1 rings (SSSR count). The maximum atomic E-state index is 10.6. The molecule has 1 heterocycles. The maximum absolute atomic E-state index is 10.6. The lowest BCUT2D eigenvalue weighted by molar-refractivity contribution is -0.120. The zero-order valence-electron chi connectivity index (χ0n) is 8.48. The van der Waals surface area contributed by atoms with Crippen molar-refractivity contribution in [3.8, 4) is 0 Å². The summed E-state index contributed by atoms with van der Waals surface area (Å²) in [4.78, 5) is 10.6. The maximum Gasteiger partial charge on any atom is 0.394 e. The van der Waals surface area contributed by atoms with E-state index in [2.05, 4.69) is 5.32 Å². The molecule has 1 aliphatic rings. The van der Waals surface area contributed by atoms with Crippen molar-refractivity contribution < 1.29 is 22.3 Å². The molecule has 1 fully saturated rings. The summed E-state index contributed by atoms with van der Waals surface area (Å²) >= 11 is 0. The highest BCUT2D eigenvalue weighted by atomic mass is 32.3. The molecule has 15 heavy (non-hydrogen) atoms. The van der Waals surface area contributed by atoms with Crippen LogP contribution in [0.25, 0.3) is 0 Å². The van der Waals surface area contributed by atoms with E-state index in [1.165, 1.54) is 6.42 Å². The molecule has 0 aromatic carbocycles. The van der Waals surface area contributed by atoms with Crippen molar-refractivity contribution in [3.63, 3.8) is 0 Å². The summed E-state index contributed by atoms with van der Waals surface area (Å²) < 4.78 is 31.6.